The van der Waals surface area contributed by atoms with Gasteiger partial charge in [-0.05, 0) is 0 Å². The molecule has 0 fully saturated rings. The average molecular weight is 486 g/mol. The summed E-state index contributed by atoms with van der Waals surface area (Å²) in [5.41, 5.74) is 5.42. The number of hydrogen-bond donors (Lipinski definition) is 0. The van der Waals surface area contributed by atoms with E-state index in [1.54, 1.807) is 0 Å². The van der Waals surface area contributed by atoms with E-state index in [1.165, 1.54) is 57.9 Å². The van der Waals surface area contributed by atoms with Gasteiger partial charge >= 0.3 is 200 Å². The monoisotopic (exact) mass is 487 g/mol. The molecule has 0 aliphatic heterocycles. The molecule has 6 aromatic rings. The Balaban J connectivity index is 1.62. The molecular formula is C31H21NSe. The van der Waals surface area contributed by atoms with Crippen molar-refractivity contribution in [2.24, 2.45) is 0 Å². The molecule has 156 valence electrons. The first-order valence-corrected chi connectivity index (χ1v) is 13.2. The van der Waals surface area contributed by atoms with Gasteiger partial charge in [-0.15, -0.1) is 0 Å². The summed E-state index contributed by atoms with van der Waals surface area (Å²) in [7, 11) is 0. The van der Waals surface area contributed by atoms with Crippen LogP contribution in [0.1, 0.15) is 11.1 Å². The van der Waals surface area contributed by atoms with E-state index in [2.05, 4.69) is 97.1 Å². The number of benzene rings is 5. The van der Waals surface area contributed by atoms with Gasteiger partial charge in [0, 0.05) is 0 Å². The fourth-order valence-corrected chi connectivity index (χ4v) is 7.59. The summed E-state index contributed by atoms with van der Waals surface area (Å²) in [4.78, 5) is 5.07. The van der Waals surface area contributed by atoms with Gasteiger partial charge in [-0.25, -0.2) is 0 Å². The van der Waals surface area contributed by atoms with E-state index in [4.69, 9.17) is 4.98 Å². The standard InChI is InChI=1S/C31H21NSe/c1-2-9-24(10-3-1)33-27-19-23-16-15-21-8-6-12-26(28(21)23)30(27)31-29-22(17-18-32-31)14-13-20-7-4-5-11-25(20)29/h1-14,17-19H,15-16H2. The zero-order valence-electron chi connectivity index (χ0n) is 18.1. The second-order valence-corrected chi connectivity index (χ2v) is 11.0. The van der Waals surface area contributed by atoms with Gasteiger partial charge in [0.1, 0.15) is 0 Å². The van der Waals surface area contributed by atoms with Crippen LogP contribution >= 0.6 is 0 Å². The van der Waals surface area contributed by atoms with Crippen molar-refractivity contribution in [2.45, 2.75) is 12.8 Å². The molecule has 0 radical (unpaired) electrons. The summed E-state index contributed by atoms with van der Waals surface area (Å²) in [5, 5.41) is 7.88. The average Bonchev–Trinajstić information content (AvgIpc) is 3.28. The maximum atomic E-state index is 5.07. The molecule has 0 unspecified atom stereocenters. The zero-order chi connectivity index (χ0) is 21.8. The molecule has 7 rings (SSSR count). The SMILES string of the molecule is c1ccc([Se]c2cc3c4c(cccc4c2-c2nccc4ccc5ccccc5c24)CC3)cc1. The van der Waals surface area contributed by atoms with Gasteiger partial charge in [-0.1, -0.05) is 0 Å². The molecule has 1 aliphatic rings. The van der Waals surface area contributed by atoms with Crippen molar-refractivity contribution in [2.75, 3.05) is 0 Å². The Morgan fingerprint density at radius 3 is 2.33 bits per heavy atom. The van der Waals surface area contributed by atoms with Crippen molar-refractivity contribution in [3.63, 3.8) is 0 Å². The fraction of sp³-hybridized carbons (Fsp3) is 0.0645. The van der Waals surface area contributed by atoms with Crippen molar-refractivity contribution in [3.05, 3.63) is 114 Å². The third-order valence-corrected chi connectivity index (χ3v) is 9.02. The number of pyridine rings is 1. The Bertz CT molecular complexity index is 1680. The topological polar surface area (TPSA) is 12.9 Å². The second kappa shape index (κ2) is 7.56. The fourth-order valence-electron chi connectivity index (χ4n) is 5.38. The third kappa shape index (κ3) is 3.03. The summed E-state index contributed by atoms with van der Waals surface area (Å²) >= 11 is 0.203. The Morgan fingerprint density at radius 2 is 1.39 bits per heavy atom. The summed E-state index contributed by atoms with van der Waals surface area (Å²) < 4.78 is 2.83. The normalized spacial score (nSPS) is 12.7. The predicted molar refractivity (Wildman–Crippen MR) is 141 cm³/mol. The van der Waals surface area contributed by atoms with Gasteiger partial charge in [0.15, 0.2) is 0 Å². The quantitative estimate of drug-likeness (QED) is 0.222. The van der Waals surface area contributed by atoms with Gasteiger partial charge in [-0.3, -0.25) is 0 Å². The zero-order valence-corrected chi connectivity index (χ0v) is 19.8. The van der Waals surface area contributed by atoms with E-state index < -0.39 is 0 Å². The van der Waals surface area contributed by atoms with Gasteiger partial charge in [0.25, 0.3) is 0 Å². The van der Waals surface area contributed by atoms with E-state index in [-0.39, 0.29) is 15.0 Å². The summed E-state index contributed by atoms with van der Waals surface area (Å²) in [6, 6.07) is 35.6. The van der Waals surface area contributed by atoms with E-state index in [0.29, 0.717) is 0 Å². The Kier molecular flexibility index (Phi) is 4.36. The van der Waals surface area contributed by atoms with Crippen molar-refractivity contribution in [1.82, 2.24) is 4.98 Å². The van der Waals surface area contributed by atoms with Gasteiger partial charge < -0.3 is 0 Å². The van der Waals surface area contributed by atoms with E-state index in [9.17, 15) is 0 Å². The number of rotatable bonds is 3. The second-order valence-electron chi connectivity index (χ2n) is 8.71. The van der Waals surface area contributed by atoms with Crippen LogP contribution in [-0.4, -0.2) is 19.9 Å². The van der Waals surface area contributed by atoms with Crippen LogP contribution in [0.4, 0.5) is 0 Å². The first-order chi connectivity index (χ1) is 16.4. The van der Waals surface area contributed by atoms with Crippen molar-refractivity contribution in [1.29, 1.82) is 0 Å². The van der Waals surface area contributed by atoms with Crippen LogP contribution in [0.3, 0.4) is 0 Å². The van der Waals surface area contributed by atoms with E-state index >= 15 is 0 Å². The van der Waals surface area contributed by atoms with Crippen LogP contribution in [0.15, 0.2) is 103 Å². The molecule has 0 spiro atoms. The Labute approximate surface area is 199 Å². The van der Waals surface area contributed by atoms with Crippen LogP contribution in [0.5, 0.6) is 0 Å². The molecule has 0 amide bonds. The van der Waals surface area contributed by atoms with Gasteiger partial charge in [-0.2, -0.15) is 0 Å². The number of nitrogens with zero attached hydrogens (tertiary/aromatic N) is 1. The van der Waals surface area contributed by atoms with Gasteiger partial charge in [0.05, 0.1) is 0 Å². The summed E-state index contributed by atoms with van der Waals surface area (Å²) in [5.74, 6) is 0. The molecule has 0 saturated heterocycles. The molecule has 0 N–H and O–H groups in total. The molecule has 0 saturated carbocycles. The summed E-state index contributed by atoms with van der Waals surface area (Å²) in [6.45, 7) is 0. The van der Waals surface area contributed by atoms with Crippen molar-refractivity contribution < 1.29 is 0 Å². The minimum atomic E-state index is 0.203. The van der Waals surface area contributed by atoms with Crippen LogP contribution in [0.2, 0.25) is 0 Å². The minimum absolute atomic E-state index is 0.203. The number of fused-ring (bicyclic) bond motifs is 3. The Morgan fingerprint density at radius 1 is 0.606 bits per heavy atom. The molecule has 1 aliphatic carbocycles. The number of aromatic nitrogens is 1. The maximum absolute atomic E-state index is 5.07. The third-order valence-electron chi connectivity index (χ3n) is 6.82. The van der Waals surface area contributed by atoms with Gasteiger partial charge in [0.2, 0.25) is 0 Å². The van der Waals surface area contributed by atoms with Crippen molar-refractivity contribution >= 4 is 56.2 Å². The molecule has 1 aromatic heterocycles. The molecule has 33 heavy (non-hydrogen) atoms. The van der Waals surface area contributed by atoms with Crippen LogP contribution in [0.25, 0.3) is 43.6 Å². The first kappa shape index (κ1) is 19.1. The van der Waals surface area contributed by atoms with Crippen LogP contribution in [0, 0.1) is 0 Å². The first-order valence-electron chi connectivity index (χ1n) is 11.4. The molecule has 2 heteroatoms. The molecule has 5 aromatic carbocycles. The predicted octanol–water partition coefficient (Wildman–Crippen LogP) is 5.96. The van der Waals surface area contributed by atoms with E-state index in [0.717, 1.165) is 18.5 Å². The van der Waals surface area contributed by atoms with Crippen molar-refractivity contribution in [3.8, 4) is 11.3 Å². The molecule has 0 bridgehead atoms. The molecule has 0 atom stereocenters. The number of hydrogen-bond acceptors (Lipinski definition) is 1. The number of aryl methyl sites for hydroxylation is 2. The Hall–Kier alpha value is -3.45. The van der Waals surface area contributed by atoms with Crippen LogP contribution in [-0.2, 0) is 12.8 Å². The van der Waals surface area contributed by atoms with E-state index in [1.807, 2.05) is 6.20 Å². The molecular weight excluding hydrogens is 465 g/mol. The molecule has 1 nitrogen and oxygen atoms in total. The molecule has 1 heterocycles. The van der Waals surface area contributed by atoms with Crippen LogP contribution < -0.4 is 8.92 Å². The summed E-state index contributed by atoms with van der Waals surface area (Å²) in [6.07, 6.45) is 4.26.